The summed E-state index contributed by atoms with van der Waals surface area (Å²) in [6, 6.07) is 0. The van der Waals surface area contributed by atoms with E-state index in [2.05, 4.69) is 50.5 Å². The van der Waals surface area contributed by atoms with Gasteiger partial charge in [0.15, 0.2) is 0 Å². The molecule has 3 heterocycles. The highest BCUT2D eigenvalue weighted by atomic mass is 35.9. The van der Waals surface area contributed by atoms with Crippen LogP contribution < -0.4 is 0 Å². The minimum Gasteiger partial charge on any atom is -0.379 e. The van der Waals surface area contributed by atoms with Crippen molar-refractivity contribution in [2.24, 2.45) is 13.5 Å². The van der Waals surface area contributed by atoms with Crippen LogP contribution in [-0.2, 0) is 4.74 Å². The van der Waals surface area contributed by atoms with Gasteiger partial charge in [0, 0.05) is 39.3 Å². The minimum atomic E-state index is -3.01. The predicted octanol–water partition coefficient (Wildman–Crippen LogP) is 8.06. The van der Waals surface area contributed by atoms with Crippen LogP contribution >= 0.6 is 53.8 Å². The molecule has 2 fully saturated rings. The average molecular weight is 570 g/mol. The molecule has 33 heavy (non-hydrogen) atoms. The van der Waals surface area contributed by atoms with Gasteiger partial charge in [0.2, 0.25) is 14.2 Å². The van der Waals surface area contributed by atoms with Gasteiger partial charge in [-0.3, -0.25) is 0 Å². The standard InChI is InChI=1S/C20H30Cl3N6OP3/c21-31(22)24-32(23,27-13-15-30-16-14-27)26-33(25-31)28(17-19-7-1-2-8-19)11-5-6-12-29(33)18-20-9-3-4-10-20/h1-4,7,9H,5-6,8,10-18H2. The Kier molecular flexibility index (Phi) is 7.88. The smallest absolute Gasteiger partial charge is 0.257 e. The van der Waals surface area contributed by atoms with Gasteiger partial charge >= 0.3 is 0 Å². The van der Waals surface area contributed by atoms with E-state index < -0.39 is 20.1 Å². The predicted molar refractivity (Wildman–Crippen MR) is 144 cm³/mol. The third kappa shape index (κ3) is 5.54. The van der Waals surface area contributed by atoms with E-state index in [1.165, 1.54) is 11.1 Å². The first-order valence-electron chi connectivity index (χ1n) is 11.4. The molecule has 0 aromatic rings. The highest BCUT2D eigenvalue weighted by Gasteiger charge is 2.46. The molecule has 2 aliphatic carbocycles. The Balaban J connectivity index is 1.64. The highest BCUT2D eigenvalue weighted by molar-refractivity contribution is 8.15. The quantitative estimate of drug-likeness (QED) is 0.314. The molecule has 1 spiro atoms. The maximum Gasteiger partial charge on any atom is 0.257 e. The molecule has 13 heteroatoms. The summed E-state index contributed by atoms with van der Waals surface area (Å²) in [5.41, 5.74) is 2.73. The molecule has 182 valence electrons. The highest BCUT2D eigenvalue weighted by Crippen LogP contribution is 2.86. The van der Waals surface area contributed by atoms with E-state index in [9.17, 15) is 0 Å². The fraction of sp³-hybridized carbons (Fsp3) is 0.600. The van der Waals surface area contributed by atoms with Gasteiger partial charge in [-0.05, 0) is 59.4 Å². The van der Waals surface area contributed by atoms with E-state index in [1.54, 1.807) is 0 Å². The molecule has 3 aliphatic heterocycles. The number of rotatable bonds is 5. The second kappa shape index (κ2) is 10.4. The van der Waals surface area contributed by atoms with Gasteiger partial charge in [0.05, 0.1) is 13.2 Å². The number of hydrogen-bond acceptors (Lipinski definition) is 7. The van der Waals surface area contributed by atoms with Crippen molar-refractivity contribution in [2.45, 2.75) is 25.7 Å². The number of morpholine rings is 1. The molecule has 0 amide bonds. The van der Waals surface area contributed by atoms with Gasteiger partial charge < -0.3 is 4.74 Å². The molecule has 0 aromatic heterocycles. The summed E-state index contributed by atoms with van der Waals surface area (Å²) in [6.45, 7) is 3.19. The zero-order chi connectivity index (χ0) is 22.9. The fourth-order valence-electron chi connectivity index (χ4n) is 4.71. The molecule has 1 atom stereocenters. The fourth-order valence-corrected chi connectivity index (χ4v) is 21.0. The summed E-state index contributed by atoms with van der Waals surface area (Å²) in [5.74, 6) is -3.01. The van der Waals surface area contributed by atoms with Crippen LogP contribution in [0.25, 0.3) is 0 Å². The lowest BCUT2D eigenvalue weighted by Crippen LogP contribution is -2.34. The van der Waals surface area contributed by atoms with Crippen molar-refractivity contribution in [3.63, 3.8) is 0 Å². The van der Waals surface area contributed by atoms with Crippen molar-refractivity contribution in [2.75, 3.05) is 52.5 Å². The first-order valence-corrected chi connectivity index (χ1v) is 19.1. The van der Waals surface area contributed by atoms with E-state index in [4.69, 9.17) is 52.0 Å². The van der Waals surface area contributed by atoms with Crippen LogP contribution in [0.5, 0.6) is 0 Å². The zero-order valence-electron chi connectivity index (χ0n) is 18.5. The Hall–Kier alpha value is 0.360. The van der Waals surface area contributed by atoms with E-state index >= 15 is 0 Å². The molecular formula is C20H30Cl3N6OP3. The summed E-state index contributed by atoms with van der Waals surface area (Å²) < 4.78 is 28.0. The topological polar surface area (TPSA) is 56.0 Å². The average Bonchev–Trinajstić information content (AvgIpc) is 3.46. The molecule has 7 nitrogen and oxygen atoms in total. The Morgan fingerprint density at radius 3 is 1.88 bits per heavy atom. The molecule has 5 aliphatic rings. The van der Waals surface area contributed by atoms with E-state index in [1.807, 2.05) is 0 Å². The third-order valence-electron chi connectivity index (χ3n) is 6.34. The van der Waals surface area contributed by atoms with Crippen LogP contribution in [0.4, 0.5) is 0 Å². The molecule has 0 aromatic carbocycles. The molecule has 0 radical (unpaired) electrons. The van der Waals surface area contributed by atoms with Crippen LogP contribution in [0.15, 0.2) is 61.1 Å². The molecule has 0 N–H and O–H groups in total. The summed E-state index contributed by atoms with van der Waals surface area (Å²) in [5, 5.41) is 0. The number of ether oxygens (including phenoxy) is 1. The Labute approximate surface area is 211 Å². The lowest BCUT2D eigenvalue weighted by atomic mass is 10.2. The molecule has 0 saturated carbocycles. The van der Waals surface area contributed by atoms with Crippen molar-refractivity contribution in [1.82, 2.24) is 14.0 Å². The van der Waals surface area contributed by atoms with Gasteiger partial charge in [-0.2, -0.15) is 13.5 Å². The van der Waals surface area contributed by atoms with Crippen molar-refractivity contribution in [3.8, 4) is 0 Å². The minimum absolute atomic E-state index is 0.614. The van der Waals surface area contributed by atoms with E-state index in [-0.39, 0.29) is 0 Å². The van der Waals surface area contributed by atoms with Gasteiger partial charge in [0.1, 0.15) is 0 Å². The van der Waals surface area contributed by atoms with Gasteiger partial charge in [0.25, 0.3) is 5.91 Å². The number of hydrogen-bond donors (Lipinski definition) is 0. The van der Waals surface area contributed by atoms with Crippen LogP contribution in [0.1, 0.15) is 25.7 Å². The van der Waals surface area contributed by atoms with Crippen molar-refractivity contribution in [1.29, 1.82) is 0 Å². The normalized spacial score (nSPS) is 32.1. The van der Waals surface area contributed by atoms with Crippen LogP contribution in [0, 0.1) is 0 Å². The molecule has 1 unspecified atom stereocenters. The second-order valence-electron chi connectivity index (χ2n) is 8.72. The van der Waals surface area contributed by atoms with Crippen LogP contribution in [0.2, 0.25) is 0 Å². The maximum atomic E-state index is 7.35. The first kappa shape index (κ1) is 25.0. The van der Waals surface area contributed by atoms with E-state index in [0.29, 0.717) is 26.3 Å². The van der Waals surface area contributed by atoms with Gasteiger partial charge in [-0.1, -0.05) is 47.6 Å². The van der Waals surface area contributed by atoms with Crippen LogP contribution in [-0.4, -0.2) is 66.5 Å². The van der Waals surface area contributed by atoms with Crippen molar-refractivity contribution < 1.29 is 4.74 Å². The summed E-state index contributed by atoms with van der Waals surface area (Å²) >= 11 is 21.2. The number of halogens is 3. The van der Waals surface area contributed by atoms with Crippen LogP contribution in [0.3, 0.4) is 0 Å². The van der Waals surface area contributed by atoms with Crippen molar-refractivity contribution in [3.05, 3.63) is 47.6 Å². The largest absolute Gasteiger partial charge is 0.379 e. The summed E-state index contributed by atoms with van der Waals surface area (Å²) in [6.07, 6.45) is 17.2. The van der Waals surface area contributed by atoms with E-state index in [0.717, 1.165) is 51.9 Å². The van der Waals surface area contributed by atoms with Gasteiger partial charge in [-0.25, -0.2) is 14.0 Å². The lowest BCUT2D eigenvalue weighted by molar-refractivity contribution is 0.0749. The molecular weight excluding hydrogens is 540 g/mol. The van der Waals surface area contributed by atoms with Gasteiger partial charge in [-0.15, -0.1) is 0 Å². The Bertz CT molecular complexity index is 1030. The summed E-state index contributed by atoms with van der Waals surface area (Å²) in [7, 11) is -2.66. The monoisotopic (exact) mass is 568 g/mol. The number of allylic oxidation sites excluding steroid dienone is 6. The summed E-state index contributed by atoms with van der Waals surface area (Å²) in [4.78, 5) is 0. The molecule has 2 saturated heterocycles. The Morgan fingerprint density at radius 2 is 1.36 bits per heavy atom. The second-order valence-corrected chi connectivity index (χ2v) is 20.2. The zero-order valence-corrected chi connectivity index (χ0v) is 23.5. The van der Waals surface area contributed by atoms with Crippen molar-refractivity contribution >= 4 is 53.8 Å². The SMILES string of the molecule is ClP1(Cl)=NP(Cl)(N2CCOCC2)=NP2(=N1)N(CC1=CC=CC1)CCCCN2CC1=CC=CC1. The maximum absolute atomic E-state index is 7.35. The Morgan fingerprint density at radius 1 is 0.788 bits per heavy atom. The first-order chi connectivity index (χ1) is 15.9. The third-order valence-corrected chi connectivity index (χ3v) is 19.4. The number of nitrogens with zero attached hydrogens (tertiary/aromatic N) is 6. The molecule has 5 rings (SSSR count). The lowest BCUT2D eigenvalue weighted by Gasteiger charge is -2.44. The molecule has 0 bridgehead atoms.